The van der Waals surface area contributed by atoms with E-state index >= 15 is 0 Å². The molecule has 2 aliphatic rings. The molecule has 0 aromatic heterocycles. The normalized spacial score (nSPS) is 17.4. The van der Waals surface area contributed by atoms with Gasteiger partial charge in [-0.3, -0.25) is 0 Å². The molecular weight excluding hydrogens is 386 g/mol. The minimum Gasteiger partial charge on any atom is -0.343 e. The lowest BCUT2D eigenvalue weighted by molar-refractivity contribution is 0.334. The highest BCUT2D eigenvalue weighted by molar-refractivity contribution is 5.77. The molecule has 4 rings (SSSR count). The summed E-state index contributed by atoms with van der Waals surface area (Å²) in [6.45, 7) is 15.2. The molecule has 0 saturated carbocycles. The van der Waals surface area contributed by atoms with E-state index in [0.29, 0.717) is 6.04 Å². The quantitative estimate of drug-likeness (QED) is 0.418. The molecule has 0 saturated heterocycles. The standard InChI is InChI=1S/C31H37N/c1-6-8-14-28-19-27-18-26(16-15-24-12-10-9-11-13-24)25(7-2)20-29(27)31-17-23(5)30(22(3)4)21-32(28)31/h9-13,17-18,20-21,28H,3,5-8,14-16,19H2,1-2,4H3/t28-/m1/s1. The van der Waals surface area contributed by atoms with Gasteiger partial charge in [0.05, 0.1) is 0 Å². The smallest absolute Gasteiger partial charge is 0.0491 e. The van der Waals surface area contributed by atoms with Crippen molar-refractivity contribution in [2.75, 3.05) is 0 Å². The third kappa shape index (κ3) is 4.53. The van der Waals surface area contributed by atoms with Crippen LogP contribution in [-0.2, 0) is 25.7 Å². The van der Waals surface area contributed by atoms with E-state index in [1.54, 1.807) is 0 Å². The molecule has 2 heterocycles. The molecule has 166 valence electrons. The van der Waals surface area contributed by atoms with Crippen LogP contribution in [0.2, 0.25) is 0 Å². The van der Waals surface area contributed by atoms with Gasteiger partial charge < -0.3 is 4.90 Å². The van der Waals surface area contributed by atoms with Crippen molar-refractivity contribution < 1.29 is 0 Å². The predicted octanol–water partition coefficient (Wildman–Crippen LogP) is 7.82. The highest BCUT2D eigenvalue weighted by atomic mass is 15.2. The fourth-order valence-corrected chi connectivity index (χ4v) is 5.18. The van der Waals surface area contributed by atoms with Gasteiger partial charge >= 0.3 is 0 Å². The molecule has 2 aromatic rings. The highest BCUT2D eigenvalue weighted by Crippen LogP contribution is 2.41. The van der Waals surface area contributed by atoms with E-state index in [-0.39, 0.29) is 0 Å². The summed E-state index contributed by atoms with van der Waals surface area (Å²) < 4.78 is 0. The van der Waals surface area contributed by atoms with Gasteiger partial charge in [-0.15, -0.1) is 0 Å². The number of benzene rings is 2. The van der Waals surface area contributed by atoms with Gasteiger partial charge in [-0.05, 0) is 90.1 Å². The van der Waals surface area contributed by atoms with Crippen LogP contribution in [-0.4, -0.2) is 10.9 Å². The van der Waals surface area contributed by atoms with E-state index in [0.717, 1.165) is 36.8 Å². The van der Waals surface area contributed by atoms with Crippen molar-refractivity contribution in [2.24, 2.45) is 0 Å². The van der Waals surface area contributed by atoms with Crippen LogP contribution in [0.5, 0.6) is 0 Å². The van der Waals surface area contributed by atoms with Gasteiger partial charge in [0.2, 0.25) is 0 Å². The van der Waals surface area contributed by atoms with Crippen LogP contribution in [0.4, 0.5) is 0 Å². The van der Waals surface area contributed by atoms with Crippen LogP contribution >= 0.6 is 0 Å². The Labute approximate surface area is 194 Å². The van der Waals surface area contributed by atoms with Gasteiger partial charge in [0.15, 0.2) is 0 Å². The first-order valence-corrected chi connectivity index (χ1v) is 12.3. The van der Waals surface area contributed by atoms with E-state index in [4.69, 9.17) is 0 Å². The summed E-state index contributed by atoms with van der Waals surface area (Å²) in [6.07, 6.45) is 12.7. The van der Waals surface area contributed by atoms with Crippen LogP contribution in [0.3, 0.4) is 0 Å². The molecule has 1 atom stereocenters. The number of nitrogens with zero attached hydrogens (tertiary/aromatic N) is 1. The molecule has 2 aliphatic heterocycles. The first kappa shape index (κ1) is 22.4. The van der Waals surface area contributed by atoms with Gasteiger partial charge in [-0.2, -0.15) is 0 Å². The second-order valence-corrected chi connectivity index (χ2v) is 9.40. The second-order valence-electron chi connectivity index (χ2n) is 9.40. The number of fused-ring (bicyclic) bond motifs is 3. The zero-order chi connectivity index (χ0) is 22.7. The van der Waals surface area contributed by atoms with E-state index in [1.165, 1.54) is 58.3 Å². The van der Waals surface area contributed by atoms with Crippen molar-refractivity contribution >= 4 is 5.70 Å². The highest BCUT2D eigenvalue weighted by Gasteiger charge is 2.31. The summed E-state index contributed by atoms with van der Waals surface area (Å²) in [5, 5.41) is 0. The van der Waals surface area contributed by atoms with Crippen LogP contribution in [0.15, 0.2) is 84.6 Å². The van der Waals surface area contributed by atoms with Crippen LogP contribution in [0, 0.1) is 0 Å². The zero-order valence-corrected chi connectivity index (χ0v) is 20.1. The Morgan fingerprint density at radius 2 is 1.84 bits per heavy atom. The zero-order valence-electron chi connectivity index (χ0n) is 20.1. The summed E-state index contributed by atoms with van der Waals surface area (Å²) in [6, 6.07) is 16.4. The molecule has 0 bridgehead atoms. The maximum atomic E-state index is 4.36. The average Bonchev–Trinajstić information content (AvgIpc) is 2.80. The molecule has 0 fully saturated rings. The number of hydrogen-bond donors (Lipinski definition) is 0. The van der Waals surface area contributed by atoms with Crippen molar-refractivity contribution in [3.8, 4) is 0 Å². The summed E-state index contributed by atoms with van der Waals surface area (Å²) >= 11 is 0. The molecule has 1 nitrogen and oxygen atoms in total. The number of aryl methyl sites for hydroxylation is 3. The fourth-order valence-electron chi connectivity index (χ4n) is 5.18. The van der Waals surface area contributed by atoms with E-state index in [2.05, 4.69) is 93.6 Å². The van der Waals surface area contributed by atoms with Crippen molar-refractivity contribution in [3.63, 3.8) is 0 Å². The molecular formula is C31H37N. The van der Waals surface area contributed by atoms with Crippen LogP contribution in [0.25, 0.3) is 5.70 Å². The van der Waals surface area contributed by atoms with Gasteiger partial charge in [-0.1, -0.05) is 76.2 Å². The topological polar surface area (TPSA) is 3.24 Å². The third-order valence-corrected chi connectivity index (χ3v) is 7.01. The lowest BCUT2D eigenvalue weighted by Crippen LogP contribution is -2.37. The number of rotatable bonds is 8. The van der Waals surface area contributed by atoms with Crippen LogP contribution in [0.1, 0.15) is 67.9 Å². The Morgan fingerprint density at radius 1 is 1.06 bits per heavy atom. The Balaban J connectivity index is 1.71. The molecule has 0 spiro atoms. The van der Waals surface area contributed by atoms with Gasteiger partial charge in [0.25, 0.3) is 0 Å². The Morgan fingerprint density at radius 3 is 2.53 bits per heavy atom. The van der Waals surface area contributed by atoms with Crippen molar-refractivity contribution in [2.45, 2.75) is 71.8 Å². The third-order valence-electron chi connectivity index (χ3n) is 7.01. The summed E-state index contributed by atoms with van der Waals surface area (Å²) in [4.78, 5) is 2.53. The number of unbranched alkanes of at least 4 members (excludes halogenated alkanes) is 1. The molecule has 0 unspecified atom stereocenters. The van der Waals surface area contributed by atoms with Crippen molar-refractivity contribution in [1.82, 2.24) is 4.90 Å². The summed E-state index contributed by atoms with van der Waals surface area (Å²) in [5.74, 6) is 0. The maximum Gasteiger partial charge on any atom is 0.0491 e. The molecule has 0 N–H and O–H groups in total. The van der Waals surface area contributed by atoms with E-state index in [9.17, 15) is 0 Å². The maximum absolute atomic E-state index is 4.36. The Bertz CT molecular complexity index is 1070. The van der Waals surface area contributed by atoms with Gasteiger partial charge in [0.1, 0.15) is 0 Å². The fraction of sp³-hybridized carbons (Fsp3) is 0.355. The van der Waals surface area contributed by atoms with E-state index in [1.807, 2.05) is 0 Å². The van der Waals surface area contributed by atoms with E-state index < -0.39 is 0 Å². The molecule has 32 heavy (non-hydrogen) atoms. The first-order chi connectivity index (χ1) is 15.5. The average molecular weight is 424 g/mol. The van der Waals surface area contributed by atoms with Gasteiger partial charge in [0, 0.05) is 23.5 Å². The number of hydrogen-bond acceptors (Lipinski definition) is 1. The van der Waals surface area contributed by atoms with Gasteiger partial charge in [-0.25, -0.2) is 0 Å². The Hall–Kier alpha value is -2.80. The lowest BCUT2D eigenvalue weighted by atomic mass is 9.82. The number of allylic oxidation sites excluding steroid dienone is 4. The SMILES string of the molecule is C=C(C)C1=CN2C(=CC1=C)c1cc(CC)c(CCc3ccccc3)cc1C[C@H]2CCCC. The minimum atomic E-state index is 0.505. The minimum absolute atomic E-state index is 0.505. The lowest BCUT2D eigenvalue weighted by Gasteiger charge is -2.42. The van der Waals surface area contributed by atoms with Crippen molar-refractivity contribution in [1.29, 1.82) is 0 Å². The summed E-state index contributed by atoms with van der Waals surface area (Å²) in [5.41, 5.74) is 12.0. The van der Waals surface area contributed by atoms with Crippen molar-refractivity contribution in [3.05, 3.63) is 112 Å². The molecule has 2 aromatic carbocycles. The molecule has 1 heteroatoms. The Kier molecular flexibility index (Phi) is 6.84. The predicted molar refractivity (Wildman–Crippen MR) is 139 cm³/mol. The first-order valence-electron chi connectivity index (χ1n) is 12.3. The summed E-state index contributed by atoms with van der Waals surface area (Å²) in [7, 11) is 0. The largest absolute Gasteiger partial charge is 0.343 e. The second kappa shape index (κ2) is 9.77. The van der Waals surface area contributed by atoms with Crippen LogP contribution < -0.4 is 0 Å². The molecule has 0 amide bonds. The molecule has 0 aliphatic carbocycles. The molecule has 0 radical (unpaired) electrons. The monoisotopic (exact) mass is 423 g/mol.